The van der Waals surface area contributed by atoms with Crippen molar-refractivity contribution in [2.45, 2.75) is 91.9 Å². The summed E-state index contributed by atoms with van der Waals surface area (Å²) in [6.07, 6.45) is -1.77. The number of ether oxygens (including phenoxy) is 3. The molecule has 31 heavy (non-hydrogen) atoms. The fourth-order valence-electron chi connectivity index (χ4n) is 4.16. The van der Waals surface area contributed by atoms with E-state index in [0.29, 0.717) is 6.61 Å². The van der Waals surface area contributed by atoms with Gasteiger partial charge in [0.1, 0.15) is 18.4 Å². The molecule has 2 aliphatic rings. The molecule has 0 aromatic heterocycles. The van der Waals surface area contributed by atoms with Crippen molar-refractivity contribution in [2.24, 2.45) is 0 Å². The fourth-order valence-corrected chi connectivity index (χ4v) is 9.61. The van der Waals surface area contributed by atoms with Crippen molar-refractivity contribution in [1.82, 2.24) is 4.72 Å². The molecule has 2 aliphatic heterocycles. The molecule has 10 heteroatoms. The number of hydrogen-bond donors (Lipinski definition) is 1. The van der Waals surface area contributed by atoms with E-state index < -0.39 is 36.5 Å². The third kappa shape index (κ3) is 5.71. The second-order valence-electron chi connectivity index (χ2n) is 8.59. The molecule has 2 fully saturated rings. The molecule has 1 N–H and O–H groups in total. The van der Waals surface area contributed by atoms with Crippen LogP contribution in [0.2, 0.25) is 18.1 Å². The Kier molecular flexibility index (Phi) is 8.27. The molecule has 0 radical (unpaired) electrons. The Hall–Kier alpha value is -0.0831. The summed E-state index contributed by atoms with van der Waals surface area (Å²) >= 11 is 2.25. The lowest BCUT2D eigenvalue weighted by molar-refractivity contribution is -0.340. The van der Waals surface area contributed by atoms with Gasteiger partial charge < -0.3 is 18.6 Å². The molecule has 0 amide bonds. The lowest BCUT2D eigenvalue weighted by atomic mass is 9.99. The first-order valence-electron chi connectivity index (χ1n) is 10.9. The summed E-state index contributed by atoms with van der Waals surface area (Å²) in [6.45, 7) is 10.6. The quantitative estimate of drug-likeness (QED) is 0.283. The van der Waals surface area contributed by atoms with Crippen LogP contribution >= 0.6 is 22.6 Å². The minimum Gasteiger partial charge on any atom is -0.410 e. The minimum atomic E-state index is -3.74. The van der Waals surface area contributed by atoms with E-state index in [-0.39, 0.29) is 21.0 Å². The van der Waals surface area contributed by atoms with Crippen LogP contribution in [-0.2, 0) is 28.7 Å². The van der Waals surface area contributed by atoms with Gasteiger partial charge in [-0.3, -0.25) is 0 Å². The van der Waals surface area contributed by atoms with Gasteiger partial charge in [0.15, 0.2) is 14.1 Å². The normalized spacial score (nSPS) is 31.2. The second-order valence-corrected chi connectivity index (χ2v) is 16.5. The van der Waals surface area contributed by atoms with Gasteiger partial charge in [-0.1, -0.05) is 61.6 Å². The van der Waals surface area contributed by atoms with Gasteiger partial charge in [-0.2, -0.15) is 4.72 Å². The molecule has 0 spiro atoms. The minimum absolute atomic E-state index is 0.207. The zero-order valence-corrected chi connectivity index (χ0v) is 22.8. The van der Waals surface area contributed by atoms with E-state index in [0.717, 1.165) is 18.1 Å². The number of fused-ring (bicyclic) bond motifs is 1. The highest BCUT2D eigenvalue weighted by molar-refractivity contribution is 14.1. The van der Waals surface area contributed by atoms with E-state index in [9.17, 15) is 8.42 Å². The summed E-state index contributed by atoms with van der Waals surface area (Å²) < 4.78 is 53.6. The third-order valence-electron chi connectivity index (χ3n) is 6.27. The molecule has 176 valence electrons. The summed E-state index contributed by atoms with van der Waals surface area (Å²) in [6, 6.07) is 11.3. The van der Waals surface area contributed by atoms with Crippen molar-refractivity contribution in [1.29, 1.82) is 0 Å². The molecule has 1 aromatic rings. The summed E-state index contributed by atoms with van der Waals surface area (Å²) in [4.78, 5) is 0.207. The van der Waals surface area contributed by atoms with Crippen molar-refractivity contribution in [3.8, 4) is 0 Å². The number of hydrogen-bond acceptors (Lipinski definition) is 6. The van der Waals surface area contributed by atoms with Crippen molar-refractivity contribution >= 4 is 40.9 Å². The first-order valence-corrected chi connectivity index (χ1v) is 16.2. The number of halogens is 1. The fraction of sp³-hybridized carbons (Fsp3) is 0.714. The van der Waals surface area contributed by atoms with Crippen molar-refractivity contribution in [3.05, 3.63) is 30.3 Å². The van der Waals surface area contributed by atoms with Gasteiger partial charge in [-0.05, 0) is 44.1 Å². The highest BCUT2D eigenvalue weighted by Gasteiger charge is 2.53. The topological polar surface area (TPSA) is 83.1 Å². The molecule has 3 rings (SSSR count). The summed E-state index contributed by atoms with van der Waals surface area (Å²) in [5.74, 6) is -0.742. The van der Waals surface area contributed by atoms with E-state index >= 15 is 0 Å². The highest BCUT2D eigenvalue weighted by atomic mass is 127. The molecule has 7 nitrogen and oxygen atoms in total. The molecular formula is C21H34INO6SSi. The lowest BCUT2D eigenvalue weighted by Gasteiger charge is -2.52. The van der Waals surface area contributed by atoms with Crippen LogP contribution < -0.4 is 4.72 Å². The maximum absolute atomic E-state index is 13.0. The summed E-state index contributed by atoms with van der Waals surface area (Å²) in [5, 5.41) is 0. The summed E-state index contributed by atoms with van der Waals surface area (Å²) in [7, 11) is -5.72. The number of rotatable bonds is 8. The van der Waals surface area contributed by atoms with Crippen LogP contribution in [0, 0.1) is 0 Å². The van der Waals surface area contributed by atoms with Crippen LogP contribution in [0.1, 0.15) is 34.6 Å². The average Bonchev–Trinajstić information content (AvgIpc) is 2.75. The van der Waals surface area contributed by atoms with Gasteiger partial charge in [0.25, 0.3) is 0 Å². The van der Waals surface area contributed by atoms with E-state index in [4.69, 9.17) is 18.6 Å². The van der Waals surface area contributed by atoms with E-state index in [2.05, 4.69) is 48.1 Å². The van der Waals surface area contributed by atoms with Crippen LogP contribution in [0.25, 0.3) is 0 Å². The van der Waals surface area contributed by atoms with Gasteiger partial charge in [0.05, 0.1) is 21.5 Å². The van der Waals surface area contributed by atoms with Crippen molar-refractivity contribution in [2.75, 3.05) is 6.61 Å². The zero-order chi connectivity index (χ0) is 22.9. The van der Waals surface area contributed by atoms with E-state index in [1.54, 1.807) is 30.3 Å². The average molecular weight is 584 g/mol. The van der Waals surface area contributed by atoms with Crippen molar-refractivity contribution in [3.63, 3.8) is 0 Å². The molecule has 5 atom stereocenters. The molecule has 1 aromatic carbocycles. The maximum Gasteiger partial charge on any atom is 0.242 e. The monoisotopic (exact) mass is 583 g/mol. The van der Waals surface area contributed by atoms with Crippen LogP contribution in [0.5, 0.6) is 0 Å². The number of alkyl halides is 1. The molecule has 0 bridgehead atoms. The Balaban J connectivity index is 1.90. The van der Waals surface area contributed by atoms with Gasteiger partial charge in [-0.25, -0.2) is 8.42 Å². The maximum atomic E-state index is 13.0. The smallest absolute Gasteiger partial charge is 0.242 e. The van der Waals surface area contributed by atoms with E-state index in [1.807, 2.05) is 13.8 Å². The molecule has 2 heterocycles. The lowest BCUT2D eigenvalue weighted by Crippen LogP contribution is -2.67. The largest absolute Gasteiger partial charge is 0.410 e. The Morgan fingerprint density at radius 2 is 1.77 bits per heavy atom. The number of nitrogens with one attached hydrogen (secondary N) is 1. The van der Waals surface area contributed by atoms with Gasteiger partial charge in [0.2, 0.25) is 10.0 Å². The Morgan fingerprint density at radius 1 is 1.16 bits per heavy atom. The van der Waals surface area contributed by atoms with Crippen LogP contribution in [0.4, 0.5) is 0 Å². The Labute approximate surface area is 200 Å². The first kappa shape index (κ1) is 25.5. The van der Waals surface area contributed by atoms with Crippen LogP contribution in [0.3, 0.4) is 0 Å². The molecule has 0 aliphatic carbocycles. The zero-order valence-electron chi connectivity index (χ0n) is 18.8. The SMILES string of the molecule is CC[Si](CC)(CC)O[C@@H]1[C@H](I)[C@H](NS(=O)(=O)c2ccccc2)O[C@@H]2COC(C)(C)O[C@@H]12. The van der Waals surface area contributed by atoms with Crippen LogP contribution in [0.15, 0.2) is 35.2 Å². The molecule has 2 saturated heterocycles. The van der Waals surface area contributed by atoms with Gasteiger partial charge in [-0.15, -0.1) is 0 Å². The number of sulfonamides is 1. The molecule has 0 saturated carbocycles. The highest BCUT2D eigenvalue weighted by Crippen LogP contribution is 2.39. The van der Waals surface area contributed by atoms with Crippen LogP contribution in [-0.4, -0.2) is 57.6 Å². The Morgan fingerprint density at radius 3 is 2.35 bits per heavy atom. The van der Waals surface area contributed by atoms with Crippen molar-refractivity contribution < 1.29 is 27.1 Å². The third-order valence-corrected chi connectivity index (χ3v) is 13.7. The molecule has 0 unspecified atom stereocenters. The second kappa shape index (κ2) is 10.0. The van der Waals surface area contributed by atoms with Gasteiger partial charge >= 0.3 is 0 Å². The standard InChI is InChI=1S/C21H34INO6SSi/c1-6-31(7-2,8-3)29-19-17(22)20(23-30(24,25)15-12-10-9-11-13-15)27-16-14-26-21(4,5)28-18(16)19/h9-13,16-20,23H,6-8,14H2,1-5H3/t16-,17+,18-,19-,20-/m1/s1. The Bertz CT molecular complexity index is 827. The molecular weight excluding hydrogens is 549 g/mol. The van der Waals surface area contributed by atoms with E-state index in [1.165, 1.54) is 0 Å². The first-order chi connectivity index (χ1) is 14.6. The predicted molar refractivity (Wildman–Crippen MR) is 130 cm³/mol. The number of benzene rings is 1. The van der Waals surface area contributed by atoms with Gasteiger partial charge in [0, 0.05) is 0 Å². The predicted octanol–water partition coefficient (Wildman–Crippen LogP) is 4.04. The summed E-state index contributed by atoms with van der Waals surface area (Å²) in [5.41, 5.74) is 0.